The van der Waals surface area contributed by atoms with E-state index < -0.39 is 10.0 Å². The summed E-state index contributed by atoms with van der Waals surface area (Å²) in [6, 6.07) is 13.6. The molecule has 0 aliphatic carbocycles. The van der Waals surface area contributed by atoms with E-state index in [0.29, 0.717) is 30.8 Å². The molecule has 4 nitrogen and oxygen atoms in total. The van der Waals surface area contributed by atoms with Crippen LogP contribution in [0.15, 0.2) is 51.8 Å². The van der Waals surface area contributed by atoms with Crippen LogP contribution < -0.4 is 0 Å². The van der Waals surface area contributed by atoms with E-state index in [0.717, 1.165) is 15.6 Å². The van der Waals surface area contributed by atoms with Crippen molar-refractivity contribution < 1.29 is 13.2 Å². The number of carbonyl (C=O) groups excluding carboxylic acids is 1. The average molecular weight is 497 g/mol. The van der Waals surface area contributed by atoms with Crippen molar-refractivity contribution in [1.82, 2.24) is 4.31 Å². The lowest BCUT2D eigenvalue weighted by Gasteiger charge is -2.30. The van der Waals surface area contributed by atoms with E-state index in [1.165, 1.54) is 9.87 Å². The highest BCUT2D eigenvalue weighted by atomic mass is 79.9. The molecule has 0 radical (unpaired) electrons. The minimum absolute atomic E-state index is 0.0144. The number of sulfonamides is 1. The van der Waals surface area contributed by atoms with E-state index in [2.05, 4.69) is 35.0 Å². The van der Waals surface area contributed by atoms with Gasteiger partial charge in [-0.1, -0.05) is 65.2 Å². The third-order valence-corrected chi connectivity index (χ3v) is 7.58. The first-order chi connectivity index (χ1) is 14.1. The number of benzene rings is 2. The average Bonchev–Trinajstić information content (AvgIpc) is 2.72. The molecule has 0 unspecified atom stereocenters. The van der Waals surface area contributed by atoms with Crippen molar-refractivity contribution in [3.05, 3.63) is 63.6 Å². The molecule has 166 valence electrons. The zero-order valence-electron chi connectivity index (χ0n) is 18.9. The first-order valence-corrected chi connectivity index (χ1v) is 12.6. The van der Waals surface area contributed by atoms with Crippen LogP contribution in [0, 0.1) is 26.7 Å². The van der Waals surface area contributed by atoms with E-state index in [1.807, 2.05) is 52.0 Å². The quantitative estimate of drug-likeness (QED) is 0.518. The third kappa shape index (κ3) is 7.64. The van der Waals surface area contributed by atoms with Gasteiger partial charge in [-0.25, -0.2) is 8.42 Å². The van der Waals surface area contributed by atoms with Gasteiger partial charge in [0.15, 0.2) is 0 Å². The number of halogens is 1. The fourth-order valence-electron chi connectivity index (χ4n) is 3.26. The number of nitrogens with zero attached hydrogens (tertiary/aromatic N) is 1. The van der Waals surface area contributed by atoms with Gasteiger partial charge in [0, 0.05) is 23.5 Å². The molecule has 0 atom stereocenters. The topological polar surface area (TPSA) is 54.5 Å². The Morgan fingerprint density at radius 3 is 1.87 bits per heavy atom. The molecule has 1 aliphatic rings. The number of hydrogen-bond acceptors (Lipinski definition) is 3. The molecule has 30 heavy (non-hydrogen) atoms. The lowest BCUT2D eigenvalue weighted by Crippen LogP contribution is -2.40. The zero-order chi connectivity index (χ0) is 22.9. The number of Topliss-reactive ketones (excluding diaryl/α,β-unsaturated/α-hetero) is 1. The number of hydrogen-bond donors (Lipinski definition) is 0. The Balaban J connectivity index is 0.000000375. The molecule has 0 aromatic heterocycles. The fraction of sp³-hybridized carbons (Fsp3) is 0.458. The van der Waals surface area contributed by atoms with Crippen LogP contribution >= 0.6 is 15.9 Å². The highest BCUT2D eigenvalue weighted by molar-refractivity contribution is 9.10. The van der Waals surface area contributed by atoms with E-state index in [9.17, 15) is 13.2 Å². The summed E-state index contributed by atoms with van der Waals surface area (Å²) in [4.78, 5) is 11.7. The molecule has 0 amide bonds. The second kappa shape index (κ2) is 12.4. The minimum Gasteiger partial charge on any atom is -0.300 e. The molecule has 1 heterocycles. The van der Waals surface area contributed by atoms with E-state index in [-0.39, 0.29) is 11.7 Å². The summed E-state index contributed by atoms with van der Waals surface area (Å²) < 4.78 is 27.9. The molecule has 0 spiro atoms. The van der Waals surface area contributed by atoms with Crippen LogP contribution in [0.1, 0.15) is 50.3 Å². The van der Waals surface area contributed by atoms with Gasteiger partial charge in [-0.15, -0.1) is 0 Å². The summed E-state index contributed by atoms with van der Waals surface area (Å²) in [5, 5.41) is 0. The first-order valence-electron chi connectivity index (χ1n) is 10.4. The van der Waals surface area contributed by atoms with Crippen molar-refractivity contribution in [2.45, 2.75) is 59.3 Å². The Morgan fingerprint density at radius 2 is 1.43 bits per heavy atom. The van der Waals surface area contributed by atoms with Crippen molar-refractivity contribution in [3.63, 3.8) is 0 Å². The third-order valence-electron chi connectivity index (χ3n) is 4.99. The SMILES string of the molecule is CC.CC(=O)C1CCN(S(=O)(=O)c2ccc(C)cc2C)CC1.Cc1ccc(Br)cc1. The highest BCUT2D eigenvalue weighted by Crippen LogP contribution is 2.26. The van der Waals surface area contributed by atoms with Crippen molar-refractivity contribution in [3.8, 4) is 0 Å². The lowest BCUT2D eigenvalue weighted by atomic mass is 9.95. The minimum atomic E-state index is -3.44. The standard InChI is InChI=1S/C15H21NO3S.C7H7Br.C2H6/c1-11-4-5-15(12(2)10-11)20(18,19)16-8-6-14(7-9-16)13(3)17;1-6-2-4-7(8)5-3-6;1-2/h4-5,10,14H,6-9H2,1-3H3;2-5H,1H3;1-2H3. The maximum Gasteiger partial charge on any atom is 0.243 e. The van der Waals surface area contributed by atoms with Crippen LogP contribution in [0.2, 0.25) is 0 Å². The first kappa shape index (κ1) is 26.5. The molecular formula is C24H34BrNO3S. The summed E-state index contributed by atoms with van der Waals surface area (Å²) in [7, 11) is -3.44. The second-order valence-corrected chi connectivity index (χ2v) is 10.2. The van der Waals surface area contributed by atoms with Gasteiger partial charge in [-0.3, -0.25) is 4.79 Å². The molecule has 1 saturated heterocycles. The Bertz CT molecular complexity index is 895. The van der Waals surface area contributed by atoms with Crippen molar-refractivity contribution >= 4 is 31.7 Å². The van der Waals surface area contributed by atoms with E-state index in [4.69, 9.17) is 0 Å². The summed E-state index contributed by atoms with van der Waals surface area (Å²) in [5.74, 6) is 0.175. The van der Waals surface area contributed by atoms with Gasteiger partial charge in [0.25, 0.3) is 0 Å². The Kier molecular flexibility index (Phi) is 10.9. The van der Waals surface area contributed by atoms with Gasteiger partial charge in [0.2, 0.25) is 10.0 Å². The smallest absolute Gasteiger partial charge is 0.243 e. The molecule has 0 saturated carbocycles. The molecular weight excluding hydrogens is 462 g/mol. The van der Waals surface area contributed by atoms with Gasteiger partial charge in [-0.05, 0) is 64.3 Å². The van der Waals surface area contributed by atoms with Crippen molar-refractivity contribution in [2.24, 2.45) is 5.92 Å². The van der Waals surface area contributed by atoms with Gasteiger partial charge < -0.3 is 0 Å². The Labute approximate surface area is 190 Å². The van der Waals surface area contributed by atoms with E-state index >= 15 is 0 Å². The Hall–Kier alpha value is -1.50. The maximum absolute atomic E-state index is 12.6. The number of rotatable bonds is 3. The molecule has 0 N–H and O–H groups in total. The van der Waals surface area contributed by atoms with Gasteiger partial charge in [0.1, 0.15) is 5.78 Å². The fourth-order valence-corrected chi connectivity index (χ4v) is 5.20. The molecule has 3 rings (SSSR count). The predicted octanol–water partition coefficient (Wildman–Crippen LogP) is 6.08. The predicted molar refractivity (Wildman–Crippen MR) is 128 cm³/mol. The van der Waals surface area contributed by atoms with Crippen molar-refractivity contribution in [2.75, 3.05) is 13.1 Å². The van der Waals surface area contributed by atoms with Crippen LogP contribution in [0.4, 0.5) is 0 Å². The number of piperidine rings is 1. The largest absolute Gasteiger partial charge is 0.300 e. The maximum atomic E-state index is 12.6. The molecule has 0 bridgehead atoms. The van der Waals surface area contributed by atoms with Crippen LogP contribution in [0.25, 0.3) is 0 Å². The summed E-state index contributed by atoms with van der Waals surface area (Å²) in [6.07, 6.45) is 1.25. The summed E-state index contributed by atoms with van der Waals surface area (Å²) in [5.41, 5.74) is 3.13. The van der Waals surface area contributed by atoms with Gasteiger partial charge >= 0.3 is 0 Å². The number of aryl methyl sites for hydroxylation is 3. The molecule has 1 fully saturated rings. The van der Waals surface area contributed by atoms with Gasteiger partial charge in [0.05, 0.1) is 4.90 Å². The lowest BCUT2D eigenvalue weighted by molar-refractivity contribution is -0.121. The monoisotopic (exact) mass is 495 g/mol. The number of ketones is 1. The van der Waals surface area contributed by atoms with Crippen LogP contribution in [-0.2, 0) is 14.8 Å². The van der Waals surface area contributed by atoms with Crippen LogP contribution in [0.3, 0.4) is 0 Å². The van der Waals surface area contributed by atoms with Crippen LogP contribution in [0.5, 0.6) is 0 Å². The van der Waals surface area contributed by atoms with Gasteiger partial charge in [-0.2, -0.15) is 4.31 Å². The molecule has 2 aromatic rings. The zero-order valence-corrected chi connectivity index (χ0v) is 21.3. The van der Waals surface area contributed by atoms with Crippen molar-refractivity contribution in [1.29, 1.82) is 0 Å². The molecule has 2 aromatic carbocycles. The molecule has 1 aliphatic heterocycles. The van der Waals surface area contributed by atoms with E-state index in [1.54, 1.807) is 13.0 Å². The highest BCUT2D eigenvalue weighted by Gasteiger charge is 2.31. The second-order valence-electron chi connectivity index (χ2n) is 7.35. The number of carbonyl (C=O) groups is 1. The van der Waals surface area contributed by atoms with Crippen LogP contribution in [-0.4, -0.2) is 31.6 Å². The summed E-state index contributed by atoms with van der Waals surface area (Å²) >= 11 is 3.35. The summed E-state index contributed by atoms with van der Waals surface area (Å²) in [6.45, 7) is 12.3. The molecule has 6 heteroatoms. The normalized spacial score (nSPS) is 14.8. The Morgan fingerprint density at radius 1 is 0.933 bits per heavy atom.